The van der Waals surface area contributed by atoms with Crippen molar-refractivity contribution >= 4 is 29.5 Å². The zero-order valence-corrected chi connectivity index (χ0v) is 20.4. The van der Waals surface area contributed by atoms with Crippen molar-refractivity contribution in [3.8, 4) is 0 Å². The van der Waals surface area contributed by atoms with E-state index >= 15 is 0 Å². The van der Waals surface area contributed by atoms with Crippen LogP contribution in [0.4, 0.5) is 0 Å². The number of aliphatic hydroxyl groups excluding tert-OH is 1. The quantitative estimate of drug-likeness (QED) is 0.270. The third-order valence-corrected chi connectivity index (χ3v) is 9.08. The van der Waals surface area contributed by atoms with E-state index in [2.05, 4.69) is 6.58 Å². The van der Waals surface area contributed by atoms with Gasteiger partial charge in [0.1, 0.15) is 6.04 Å². The van der Waals surface area contributed by atoms with Crippen LogP contribution in [0.3, 0.4) is 0 Å². The van der Waals surface area contributed by atoms with Crippen LogP contribution in [0.1, 0.15) is 59.3 Å². The highest BCUT2D eigenvalue weighted by atomic mass is 32.2. The molecule has 3 saturated heterocycles. The molecular formula is C24H38N2O5S. The van der Waals surface area contributed by atoms with Gasteiger partial charge in [-0.15, -0.1) is 18.3 Å². The van der Waals surface area contributed by atoms with Gasteiger partial charge in [-0.2, -0.15) is 0 Å². The lowest BCUT2D eigenvalue weighted by Gasteiger charge is -2.38. The van der Waals surface area contributed by atoms with Crippen LogP contribution >= 0.6 is 11.8 Å². The molecule has 3 fully saturated rings. The van der Waals surface area contributed by atoms with Gasteiger partial charge in [0.15, 0.2) is 0 Å². The molecule has 5 atom stereocenters. The molecule has 0 aromatic carbocycles. The van der Waals surface area contributed by atoms with Crippen LogP contribution in [0.2, 0.25) is 0 Å². The Balaban J connectivity index is 1.93. The number of ether oxygens (including phenoxy) is 1. The van der Waals surface area contributed by atoms with E-state index in [9.17, 15) is 14.4 Å². The van der Waals surface area contributed by atoms with E-state index in [-0.39, 0.29) is 42.3 Å². The number of likely N-dealkylation sites (tertiary alicyclic amines) is 1. The zero-order chi connectivity index (χ0) is 23.5. The SMILES string of the molecule is C=CCN(C(=O)C1N(CCCCCCO)C(=O)[C@@H]2[C@@H](C(=O)OCC)[C@H]3CCC12S3)C(C)C. The number of esters is 1. The second kappa shape index (κ2) is 10.6. The lowest BCUT2D eigenvalue weighted by molar-refractivity contribution is -0.153. The first-order valence-corrected chi connectivity index (χ1v) is 12.9. The van der Waals surface area contributed by atoms with Gasteiger partial charge < -0.3 is 19.6 Å². The summed E-state index contributed by atoms with van der Waals surface area (Å²) in [7, 11) is 0. The molecule has 0 aromatic rings. The highest BCUT2D eigenvalue weighted by Crippen LogP contribution is 2.66. The van der Waals surface area contributed by atoms with Gasteiger partial charge in [-0.3, -0.25) is 14.4 Å². The number of carbonyl (C=O) groups is 3. The maximum Gasteiger partial charge on any atom is 0.310 e. The number of rotatable bonds is 12. The van der Waals surface area contributed by atoms with Gasteiger partial charge in [-0.05, 0) is 46.5 Å². The maximum atomic E-state index is 13.9. The number of fused-ring (bicyclic) bond motifs is 1. The van der Waals surface area contributed by atoms with Crippen LogP contribution in [0.5, 0.6) is 0 Å². The summed E-state index contributed by atoms with van der Waals surface area (Å²) in [5.41, 5.74) is 0. The summed E-state index contributed by atoms with van der Waals surface area (Å²) in [6.45, 7) is 10.9. The fourth-order valence-corrected chi connectivity index (χ4v) is 7.98. The average Bonchev–Trinajstić information content (AvgIpc) is 3.39. The Morgan fingerprint density at radius 3 is 2.69 bits per heavy atom. The van der Waals surface area contributed by atoms with Crippen molar-refractivity contribution < 1.29 is 24.2 Å². The Kier molecular flexibility index (Phi) is 8.31. The summed E-state index contributed by atoms with van der Waals surface area (Å²) in [5.74, 6) is -1.37. The van der Waals surface area contributed by atoms with Gasteiger partial charge in [0.05, 0.1) is 23.2 Å². The molecule has 2 unspecified atom stereocenters. The van der Waals surface area contributed by atoms with Crippen molar-refractivity contribution in [2.24, 2.45) is 11.8 Å². The number of nitrogens with zero attached hydrogens (tertiary/aromatic N) is 2. The predicted octanol–water partition coefficient (Wildman–Crippen LogP) is 2.62. The predicted molar refractivity (Wildman–Crippen MR) is 125 cm³/mol. The van der Waals surface area contributed by atoms with Crippen LogP contribution in [0.15, 0.2) is 12.7 Å². The average molecular weight is 467 g/mol. The molecule has 0 aromatic heterocycles. The van der Waals surface area contributed by atoms with E-state index in [0.29, 0.717) is 13.1 Å². The summed E-state index contributed by atoms with van der Waals surface area (Å²) in [6, 6.07) is -0.573. The van der Waals surface area contributed by atoms with Crippen molar-refractivity contribution in [2.45, 2.75) is 81.4 Å². The van der Waals surface area contributed by atoms with E-state index in [1.165, 1.54) is 0 Å². The van der Waals surface area contributed by atoms with E-state index in [1.807, 2.05) is 13.8 Å². The second-order valence-electron chi connectivity index (χ2n) is 9.35. The number of carbonyl (C=O) groups excluding carboxylic acids is 3. The number of unbranched alkanes of at least 4 members (excludes halogenated alkanes) is 3. The molecule has 3 rings (SSSR count). The van der Waals surface area contributed by atoms with Crippen molar-refractivity contribution in [3.05, 3.63) is 12.7 Å². The largest absolute Gasteiger partial charge is 0.466 e. The van der Waals surface area contributed by atoms with Gasteiger partial charge in [-0.25, -0.2) is 0 Å². The number of hydrogen-bond donors (Lipinski definition) is 1. The molecule has 0 saturated carbocycles. The van der Waals surface area contributed by atoms with Crippen molar-refractivity contribution in [1.82, 2.24) is 9.80 Å². The van der Waals surface area contributed by atoms with Crippen molar-refractivity contribution in [2.75, 3.05) is 26.3 Å². The van der Waals surface area contributed by atoms with E-state index < -0.39 is 22.6 Å². The first-order chi connectivity index (χ1) is 15.3. The second-order valence-corrected chi connectivity index (χ2v) is 11.0. The number of hydrogen-bond acceptors (Lipinski definition) is 6. The molecule has 1 N–H and O–H groups in total. The Hall–Kier alpha value is -1.54. The van der Waals surface area contributed by atoms with Crippen LogP contribution in [0, 0.1) is 11.8 Å². The highest BCUT2D eigenvalue weighted by molar-refractivity contribution is 8.02. The molecule has 8 heteroatoms. The number of amides is 2. The minimum absolute atomic E-state index is 0.0121. The molecule has 0 radical (unpaired) electrons. The zero-order valence-electron chi connectivity index (χ0n) is 19.6. The number of aliphatic hydroxyl groups is 1. The summed E-state index contributed by atoms with van der Waals surface area (Å²) >= 11 is 1.68. The number of thioether (sulfide) groups is 1. The lowest BCUT2D eigenvalue weighted by Crippen LogP contribution is -2.56. The normalized spacial score (nSPS) is 30.7. The highest BCUT2D eigenvalue weighted by Gasteiger charge is 2.74. The Labute approximate surface area is 195 Å². The lowest BCUT2D eigenvalue weighted by atomic mass is 9.71. The maximum absolute atomic E-state index is 13.9. The fraction of sp³-hybridized carbons (Fsp3) is 0.792. The Bertz CT molecular complexity index is 729. The fourth-order valence-electron chi connectivity index (χ4n) is 5.78. The molecule has 32 heavy (non-hydrogen) atoms. The third kappa shape index (κ3) is 4.32. The van der Waals surface area contributed by atoms with Crippen LogP contribution < -0.4 is 0 Å². The molecule has 3 heterocycles. The minimum Gasteiger partial charge on any atom is -0.466 e. The molecular weight excluding hydrogens is 428 g/mol. The standard InChI is InChI=1S/C24H38N2O5S/c1-5-13-25(16(3)4)22(29)20-24-12-11-17(32-24)18(23(30)31-6-2)19(24)21(28)26(20)14-9-7-8-10-15-27/h5,16-20,27H,1,6-15H2,2-4H3/t17-,18+,19+,20?,24?/m1/s1. The van der Waals surface area contributed by atoms with Crippen molar-refractivity contribution in [3.63, 3.8) is 0 Å². The van der Waals surface area contributed by atoms with E-state index in [1.54, 1.807) is 34.6 Å². The molecule has 7 nitrogen and oxygen atoms in total. The molecule has 0 aliphatic carbocycles. The topological polar surface area (TPSA) is 87.2 Å². The summed E-state index contributed by atoms with van der Waals surface area (Å²) in [4.78, 5) is 44.1. The van der Waals surface area contributed by atoms with Crippen LogP contribution in [0.25, 0.3) is 0 Å². The van der Waals surface area contributed by atoms with Crippen LogP contribution in [-0.2, 0) is 19.1 Å². The molecule has 3 aliphatic heterocycles. The summed E-state index contributed by atoms with van der Waals surface area (Å²) in [6.07, 6.45) is 6.62. The first kappa shape index (κ1) is 25.1. The van der Waals surface area contributed by atoms with Gasteiger partial charge in [0.2, 0.25) is 11.8 Å². The summed E-state index contributed by atoms with van der Waals surface area (Å²) in [5, 5.41) is 9.07. The summed E-state index contributed by atoms with van der Waals surface area (Å²) < 4.78 is 4.80. The van der Waals surface area contributed by atoms with Crippen molar-refractivity contribution in [1.29, 1.82) is 0 Å². The Morgan fingerprint density at radius 2 is 2.06 bits per heavy atom. The first-order valence-electron chi connectivity index (χ1n) is 12.0. The van der Waals surface area contributed by atoms with Gasteiger partial charge in [0.25, 0.3) is 0 Å². The van der Waals surface area contributed by atoms with Crippen LogP contribution in [-0.4, -0.2) is 81.1 Å². The molecule has 180 valence electrons. The molecule has 1 spiro atoms. The molecule has 3 aliphatic rings. The van der Waals surface area contributed by atoms with E-state index in [4.69, 9.17) is 9.84 Å². The van der Waals surface area contributed by atoms with Gasteiger partial charge in [0, 0.05) is 31.0 Å². The Morgan fingerprint density at radius 1 is 1.34 bits per heavy atom. The smallest absolute Gasteiger partial charge is 0.310 e. The molecule has 2 bridgehead atoms. The minimum atomic E-state index is -0.561. The monoisotopic (exact) mass is 466 g/mol. The third-order valence-electron chi connectivity index (χ3n) is 7.13. The van der Waals surface area contributed by atoms with Gasteiger partial charge >= 0.3 is 5.97 Å². The molecule has 2 amide bonds. The van der Waals surface area contributed by atoms with Gasteiger partial charge in [-0.1, -0.05) is 18.9 Å². The van der Waals surface area contributed by atoms with E-state index in [0.717, 1.165) is 38.5 Å².